The van der Waals surface area contributed by atoms with Crippen molar-refractivity contribution in [3.63, 3.8) is 0 Å². The number of nitrogens with zero attached hydrogens (tertiary/aromatic N) is 1. The maximum atomic E-state index is 11.2. The molecule has 0 aliphatic carbocycles. The molecule has 1 N–H and O–H groups in total. The second-order valence-electron chi connectivity index (χ2n) is 3.82. The van der Waals surface area contributed by atoms with Crippen LogP contribution in [0, 0.1) is 0 Å². The van der Waals surface area contributed by atoms with E-state index in [1.54, 1.807) is 6.07 Å². The first-order valence-electron chi connectivity index (χ1n) is 5.27. The van der Waals surface area contributed by atoms with Crippen molar-refractivity contribution in [2.45, 2.75) is 26.8 Å². The van der Waals surface area contributed by atoms with Gasteiger partial charge < -0.3 is 10.0 Å². The molecular weight excluding hydrogens is 270 g/mol. The third-order valence-electron chi connectivity index (χ3n) is 2.48. The summed E-state index contributed by atoms with van der Waals surface area (Å²) in [4.78, 5) is 13.3. The fourth-order valence-electron chi connectivity index (χ4n) is 1.78. The van der Waals surface area contributed by atoms with Crippen LogP contribution in [0.5, 0.6) is 0 Å². The van der Waals surface area contributed by atoms with E-state index in [0.29, 0.717) is 10.0 Å². The van der Waals surface area contributed by atoms with Crippen LogP contribution in [0.15, 0.2) is 22.7 Å². The van der Waals surface area contributed by atoms with Crippen LogP contribution in [0.25, 0.3) is 0 Å². The third-order valence-corrected chi connectivity index (χ3v) is 3.14. The van der Waals surface area contributed by atoms with E-state index in [1.807, 2.05) is 19.1 Å². The summed E-state index contributed by atoms with van der Waals surface area (Å²) < 4.78 is 0.622. The molecule has 1 aromatic rings. The van der Waals surface area contributed by atoms with Gasteiger partial charge in [0.2, 0.25) is 0 Å². The number of carboxylic acids is 1. The molecule has 0 bridgehead atoms. The van der Waals surface area contributed by atoms with Gasteiger partial charge in [-0.25, -0.2) is 4.79 Å². The number of aromatic carboxylic acids is 1. The molecule has 4 heteroatoms. The first kappa shape index (κ1) is 13.0. The van der Waals surface area contributed by atoms with Crippen molar-refractivity contribution >= 4 is 27.6 Å². The lowest BCUT2D eigenvalue weighted by Gasteiger charge is -2.29. The zero-order valence-electron chi connectivity index (χ0n) is 9.70. The standard InChI is InChI=1S/C12H16BrNO2/c1-4-14(8(2)3)10-7-5-6-9(13)11(10)12(15)16/h5-8H,4H2,1-3H3,(H,15,16). The lowest BCUT2D eigenvalue weighted by molar-refractivity contribution is 0.0696. The smallest absolute Gasteiger partial charge is 0.338 e. The predicted octanol–water partition coefficient (Wildman–Crippen LogP) is 3.38. The number of carboxylic acid groups (broad SMARTS) is 1. The Bertz CT molecular complexity index is 391. The second-order valence-corrected chi connectivity index (χ2v) is 4.67. The van der Waals surface area contributed by atoms with Gasteiger partial charge in [0.05, 0.1) is 11.3 Å². The van der Waals surface area contributed by atoms with Gasteiger partial charge in [0.1, 0.15) is 0 Å². The summed E-state index contributed by atoms with van der Waals surface area (Å²) in [6.45, 7) is 6.91. The molecule has 0 atom stereocenters. The largest absolute Gasteiger partial charge is 0.478 e. The van der Waals surface area contributed by atoms with Crippen molar-refractivity contribution < 1.29 is 9.90 Å². The molecule has 1 aromatic carbocycles. The number of anilines is 1. The topological polar surface area (TPSA) is 40.5 Å². The zero-order valence-corrected chi connectivity index (χ0v) is 11.3. The molecule has 0 aromatic heterocycles. The van der Waals surface area contributed by atoms with Gasteiger partial charge in [-0.05, 0) is 48.8 Å². The Kier molecular flexibility index (Phi) is 4.35. The molecule has 0 radical (unpaired) electrons. The Hall–Kier alpha value is -1.03. The summed E-state index contributed by atoms with van der Waals surface area (Å²) in [5.41, 5.74) is 1.09. The number of benzene rings is 1. The molecule has 0 heterocycles. The monoisotopic (exact) mass is 285 g/mol. The average Bonchev–Trinajstić information content (AvgIpc) is 2.17. The van der Waals surface area contributed by atoms with Gasteiger partial charge >= 0.3 is 5.97 Å². The highest BCUT2D eigenvalue weighted by Crippen LogP contribution is 2.28. The van der Waals surface area contributed by atoms with E-state index >= 15 is 0 Å². The molecule has 0 amide bonds. The van der Waals surface area contributed by atoms with Gasteiger partial charge in [0.25, 0.3) is 0 Å². The van der Waals surface area contributed by atoms with E-state index in [2.05, 4.69) is 34.7 Å². The van der Waals surface area contributed by atoms with E-state index in [1.165, 1.54) is 0 Å². The predicted molar refractivity (Wildman–Crippen MR) is 69.3 cm³/mol. The summed E-state index contributed by atoms with van der Waals surface area (Å²) in [7, 11) is 0. The minimum Gasteiger partial charge on any atom is -0.478 e. The quantitative estimate of drug-likeness (QED) is 0.922. The Morgan fingerprint density at radius 2 is 2.12 bits per heavy atom. The molecule has 0 fully saturated rings. The van der Waals surface area contributed by atoms with E-state index in [0.717, 1.165) is 12.2 Å². The van der Waals surface area contributed by atoms with Crippen LogP contribution in [0.3, 0.4) is 0 Å². The van der Waals surface area contributed by atoms with Crippen molar-refractivity contribution in [2.75, 3.05) is 11.4 Å². The summed E-state index contributed by atoms with van der Waals surface area (Å²) in [5, 5.41) is 9.22. The van der Waals surface area contributed by atoms with E-state index < -0.39 is 5.97 Å². The van der Waals surface area contributed by atoms with Crippen molar-refractivity contribution in [2.24, 2.45) is 0 Å². The van der Waals surface area contributed by atoms with Crippen molar-refractivity contribution in [1.29, 1.82) is 0 Å². The average molecular weight is 286 g/mol. The molecule has 0 saturated heterocycles. The minimum absolute atomic E-state index is 0.275. The van der Waals surface area contributed by atoms with Gasteiger partial charge in [0.15, 0.2) is 0 Å². The second kappa shape index (κ2) is 5.34. The number of halogens is 1. The molecule has 0 saturated carbocycles. The van der Waals surface area contributed by atoms with Gasteiger partial charge in [-0.2, -0.15) is 0 Å². The summed E-state index contributed by atoms with van der Waals surface area (Å²) in [6, 6.07) is 5.73. The number of hydrogen-bond acceptors (Lipinski definition) is 2. The minimum atomic E-state index is -0.901. The normalized spacial score (nSPS) is 10.6. The molecule has 88 valence electrons. The van der Waals surface area contributed by atoms with Crippen molar-refractivity contribution in [3.8, 4) is 0 Å². The fraction of sp³-hybridized carbons (Fsp3) is 0.417. The highest BCUT2D eigenvalue weighted by atomic mass is 79.9. The lowest BCUT2D eigenvalue weighted by atomic mass is 10.1. The van der Waals surface area contributed by atoms with Crippen LogP contribution in [-0.4, -0.2) is 23.7 Å². The molecule has 16 heavy (non-hydrogen) atoms. The van der Waals surface area contributed by atoms with E-state index in [4.69, 9.17) is 0 Å². The first-order valence-corrected chi connectivity index (χ1v) is 6.06. The van der Waals surface area contributed by atoms with Crippen LogP contribution in [0.1, 0.15) is 31.1 Å². The fourth-order valence-corrected chi connectivity index (χ4v) is 2.30. The van der Waals surface area contributed by atoms with Crippen molar-refractivity contribution in [1.82, 2.24) is 0 Å². The van der Waals surface area contributed by atoms with Gasteiger partial charge in [0, 0.05) is 17.1 Å². The third kappa shape index (κ3) is 2.55. The molecule has 3 nitrogen and oxygen atoms in total. The van der Waals surface area contributed by atoms with Gasteiger partial charge in [-0.3, -0.25) is 0 Å². The molecule has 0 spiro atoms. The summed E-state index contributed by atoms with van der Waals surface area (Å²) in [5.74, 6) is -0.901. The summed E-state index contributed by atoms with van der Waals surface area (Å²) >= 11 is 3.29. The van der Waals surface area contributed by atoms with Crippen molar-refractivity contribution in [3.05, 3.63) is 28.2 Å². The number of rotatable bonds is 4. The van der Waals surface area contributed by atoms with Crippen LogP contribution >= 0.6 is 15.9 Å². The van der Waals surface area contributed by atoms with Crippen LogP contribution < -0.4 is 4.90 Å². The number of hydrogen-bond donors (Lipinski definition) is 1. The van der Waals surface area contributed by atoms with Crippen LogP contribution in [0.2, 0.25) is 0 Å². The maximum absolute atomic E-state index is 11.2. The molecule has 1 rings (SSSR count). The Morgan fingerprint density at radius 3 is 2.56 bits per heavy atom. The van der Waals surface area contributed by atoms with E-state index in [9.17, 15) is 9.90 Å². The zero-order chi connectivity index (χ0) is 12.3. The van der Waals surface area contributed by atoms with Gasteiger partial charge in [-0.1, -0.05) is 6.07 Å². The highest BCUT2D eigenvalue weighted by Gasteiger charge is 2.19. The highest BCUT2D eigenvalue weighted by molar-refractivity contribution is 9.10. The molecule has 0 aliphatic heterocycles. The SMILES string of the molecule is CCN(c1cccc(Br)c1C(=O)O)C(C)C. The molecule has 0 aliphatic rings. The Labute approximate surface area is 104 Å². The first-order chi connectivity index (χ1) is 7.49. The Morgan fingerprint density at radius 1 is 1.50 bits per heavy atom. The van der Waals surface area contributed by atoms with E-state index in [-0.39, 0.29) is 6.04 Å². The number of carbonyl (C=O) groups is 1. The van der Waals surface area contributed by atoms with Gasteiger partial charge in [-0.15, -0.1) is 0 Å². The Balaban J connectivity index is 3.31. The molecular formula is C12H16BrNO2. The lowest BCUT2D eigenvalue weighted by Crippen LogP contribution is -2.31. The maximum Gasteiger partial charge on any atom is 0.338 e. The van der Waals surface area contributed by atoms with Crippen LogP contribution in [-0.2, 0) is 0 Å². The molecule has 0 unspecified atom stereocenters. The summed E-state index contributed by atoms with van der Waals surface area (Å²) in [6.07, 6.45) is 0. The van der Waals surface area contributed by atoms with Crippen LogP contribution in [0.4, 0.5) is 5.69 Å².